The van der Waals surface area contributed by atoms with Crippen LogP contribution in [-0.4, -0.2) is 93.2 Å². The summed E-state index contributed by atoms with van der Waals surface area (Å²) in [6.07, 6.45) is 0. The SMILES string of the molecule is O=C(NC(CO)(CO)CO)c1ccccc1SSc1ccccc1C(=O)NC(CO)(CO)CO. The molecule has 0 aromatic heterocycles. The Hall–Kier alpha value is -2.16. The average Bonchev–Trinajstić information content (AvgIpc) is 2.89. The Labute approximate surface area is 204 Å². The van der Waals surface area contributed by atoms with Gasteiger partial charge in [-0.3, -0.25) is 9.59 Å². The topological polar surface area (TPSA) is 180 Å². The summed E-state index contributed by atoms with van der Waals surface area (Å²) in [5, 5.41) is 61.8. The van der Waals surface area contributed by atoms with Gasteiger partial charge in [0, 0.05) is 9.79 Å². The molecule has 0 saturated carbocycles. The van der Waals surface area contributed by atoms with Gasteiger partial charge in [-0.2, -0.15) is 0 Å². The number of amides is 2. The fourth-order valence-corrected chi connectivity index (χ4v) is 5.06. The third kappa shape index (κ3) is 6.71. The predicted molar refractivity (Wildman–Crippen MR) is 128 cm³/mol. The van der Waals surface area contributed by atoms with Gasteiger partial charge < -0.3 is 41.3 Å². The average molecular weight is 513 g/mol. The third-order valence-corrected chi connectivity index (χ3v) is 7.54. The van der Waals surface area contributed by atoms with Gasteiger partial charge in [0.25, 0.3) is 11.8 Å². The van der Waals surface area contributed by atoms with E-state index in [0.717, 1.165) is 0 Å². The molecule has 0 aliphatic carbocycles. The van der Waals surface area contributed by atoms with Crippen LogP contribution in [0.3, 0.4) is 0 Å². The molecule has 0 aliphatic heterocycles. The number of carbonyl (C=O) groups is 2. The smallest absolute Gasteiger partial charge is 0.253 e. The van der Waals surface area contributed by atoms with Gasteiger partial charge in [-0.15, -0.1) is 0 Å². The van der Waals surface area contributed by atoms with Crippen LogP contribution in [0.5, 0.6) is 0 Å². The largest absolute Gasteiger partial charge is 0.394 e. The minimum atomic E-state index is -1.58. The fraction of sp³-hybridized carbons (Fsp3) is 0.364. The molecule has 0 atom stereocenters. The Bertz CT molecular complexity index is 873. The Balaban J connectivity index is 2.23. The van der Waals surface area contributed by atoms with Crippen LogP contribution < -0.4 is 10.6 Å². The fourth-order valence-electron chi connectivity index (χ4n) is 2.70. The highest BCUT2D eigenvalue weighted by Crippen LogP contribution is 2.40. The molecular weight excluding hydrogens is 484 g/mol. The molecule has 0 aliphatic rings. The number of aliphatic hydroxyl groups excluding tert-OH is 6. The van der Waals surface area contributed by atoms with Crippen molar-refractivity contribution in [3.8, 4) is 0 Å². The van der Waals surface area contributed by atoms with Gasteiger partial charge in [-0.1, -0.05) is 45.9 Å². The van der Waals surface area contributed by atoms with Gasteiger partial charge in [-0.25, -0.2) is 0 Å². The Kier molecular flexibility index (Phi) is 10.8. The van der Waals surface area contributed by atoms with Crippen molar-refractivity contribution in [2.75, 3.05) is 39.6 Å². The second-order valence-electron chi connectivity index (χ2n) is 7.58. The molecule has 0 radical (unpaired) electrons. The predicted octanol–water partition coefficient (Wildman–Crippen LogP) is -0.623. The lowest BCUT2D eigenvalue weighted by molar-refractivity contribution is 0.0374. The molecule has 0 bridgehead atoms. The first kappa shape index (κ1) is 28.1. The van der Waals surface area contributed by atoms with E-state index in [-0.39, 0.29) is 11.1 Å². The molecule has 0 unspecified atom stereocenters. The van der Waals surface area contributed by atoms with E-state index in [0.29, 0.717) is 9.79 Å². The van der Waals surface area contributed by atoms with E-state index >= 15 is 0 Å². The molecule has 2 amide bonds. The van der Waals surface area contributed by atoms with Crippen LogP contribution in [0.15, 0.2) is 58.3 Å². The monoisotopic (exact) mass is 512 g/mol. The number of carbonyl (C=O) groups excluding carboxylic acids is 2. The van der Waals surface area contributed by atoms with Crippen molar-refractivity contribution < 1.29 is 40.2 Å². The van der Waals surface area contributed by atoms with Crippen molar-refractivity contribution in [3.05, 3.63) is 59.7 Å². The second kappa shape index (κ2) is 13.1. The number of benzene rings is 2. The normalized spacial score (nSPS) is 11.8. The van der Waals surface area contributed by atoms with Crippen LogP contribution >= 0.6 is 21.6 Å². The van der Waals surface area contributed by atoms with E-state index in [1.165, 1.54) is 21.6 Å². The summed E-state index contributed by atoms with van der Waals surface area (Å²) in [4.78, 5) is 26.6. The van der Waals surface area contributed by atoms with E-state index in [9.17, 15) is 40.2 Å². The van der Waals surface area contributed by atoms with Crippen molar-refractivity contribution in [1.82, 2.24) is 10.6 Å². The third-order valence-electron chi connectivity index (χ3n) is 5.06. The van der Waals surface area contributed by atoms with E-state index in [2.05, 4.69) is 10.6 Å². The Morgan fingerprint density at radius 3 is 1.18 bits per heavy atom. The first-order valence-electron chi connectivity index (χ1n) is 10.2. The molecule has 12 heteroatoms. The summed E-state index contributed by atoms with van der Waals surface area (Å²) in [5.41, 5.74) is -2.68. The summed E-state index contributed by atoms with van der Waals surface area (Å²) < 4.78 is 0. The number of nitrogens with one attached hydrogen (secondary N) is 2. The summed E-state index contributed by atoms with van der Waals surface area (Å²) in [6, 6.07) is 13.2. The molecule has 0 heterocycles. The van der Waals surface area contributed by atoms with E-state index in [1.54, 1.807) is 48.5 Å². The number of hydrogen-bond donors (Lipinski definition) is 8. The lowest BCUT2D eigenvalue weighted by Crippen LogP contribution is -2.57. The lowest BCUT2D eigenvalue weighted by Gasteiger charge is -2.29. The molecule has 0 spiro atoms. The molecule has 2 aromatic rings. The molecule has 8 N–H and O–H groups in total. The molecule has 0 fully saturated rings. The van der Waals surface area contributed by atoms with E-state index in [1.807, 2.05) is 0 Å². The highest BCUT2D eigenvalue weighted by Gasteiger charge is 2.32. The van der Waals surface area contributed by atoms with Crippen LogP contribution in [-0.2, 0) is 0 Å². The van der Waals surface area contributed by atoms with Crippen molar-refractivity contribution in [2.24, 2.45) is 0 Å². The Morgan fingerprint density at radius 1 is 0.588 bits per heavy atom. The first-order valence-corrected chi connectivity index (χ1v) is 12.3. The van der Waals surface area contributed by atoms with E-state index < -0.39 is 62.5 Å². The van der Waals surface area contributed by atoms with Crippen molar-refractivity contribution in [2.45, 2.75) is 20.9 Å². The molecule has 0 saturated heterocycles. The maximum atomic E-state index is 12.8. The van der Waals surface area contributed by atoms with Crippen molar-refractivity contribution in [1.29, 1.82) is 0 Å². The van der Waals surface area contributed by atoms with Crippen LogP contribution in [0.1, 0.15) is 20.7 Å². The van der Waals surface area contributed by atoms with Gasteiger partial charge in [-0.05, 0) is 24.3 Å². The highest BCUT2D eigenvalue weighted by molar-refractivity contribution is 8.76. The van der Waals surface area contributed by atoms with Crippen LogP contribution in [0, 0.1) is 0 Å². The maximum absolute atomic E-state index is 12.8. The van der Waals surface area contributed by atoms with Gasteiger partial charge in [0.05, 0.1) is 50.8 Å². The molecule has 34 heavy (non-hydrogen) atoms. The van der Waals surface area contributed by atoms with Crippen molar-refractivity contribution >= 4 is 33.4 Å². The summed E-state index contributed by atoms with van der Waals surface area (Å²) in [6.45, 7) is -3.94. The van der Waals surface area contributed by atoms with Gasteiger partial charge in [0.15, 0.2) is 0 Å². The second-order valence-corrected chi connectivity index (χ2v) is 9.79. The summed E-state index contributed by atoms with van der Waals surface area (Å²) in [7, 11) is 2.37. The zero-order valence-electron chi connectivity index (χ0n) is 18.2. The van der Waals surface area contributed by atoms with Crippen LogP contribution in [0.25, 0.3) is 0 Å². The van der Waals surface area contributed by atoms with E-state index in [4.69, 9.17) is 0 Å². The van der Waals surface area contributed by atoms with Crippen LogP contribution in [0.2, 0.25) is 0 Å². The highest BCUT2D eigenvalue weighted by atomic mass is 33.1. The zero-order chi connectivity index (χ0) is 25.2. The molecule has 186 valence electrons. The van der Waals surface area contributed by atoms with Gasteiger partial charge >= 0.3 is 0 Å². The first-order chi connectivity index (χ1) is 16.3. The molecule has 2 rings (SSSR count). The minimum Gasteiger partial charge on any atom is -0.394 e. The number of rotatable bonds is 13. The standard InChI is InChI=1S/C22H28N2O8S2/c25-9-21(10-26,11-27)23-19(31)15-5-1-3-7-17(15)33-34-18-8-4-2-6-16(18)20(32)24-22(12-28,13-29)14-30/h1-8,25-30H,9-14H2,(H,23,31)(H,24,32). The Morgan fingerprint density at radius 2 is 0.882 bits per heavy atom. The zero-order valence-corrected chi connectivity index (χ0v) is 19.8. The number of hydrogen-bond acceptors (Lipinski definition) is 10. The number of aliphatic hydroxyl groups is 6. The van der Waals surface area contributed by atoms with Crippen LogP contribution in [0.4, 0.5) is 0 Å². The minimum absolute atomic E-state index is 0.238. The molecule has 10 nitrogen and oxygen atoms in total. The maximum Gasteiger partial charge on any atom is 0.253 e. The quantitative estimate of drug-likeness (QED) is 0.161. The van der Waals surface area contributed by atoms with Crippen molar-refractivity contribution in [3.63, 3.8) is 0 Å². The summed E-state index contributed by atoms with van der Waals surface area (Å²) in [5.74, 6) is -1.21. The lowest BCUT2D eigenvalue weighted by atomic mass is 10.0. The van der Waals surface area contributed by atoms with Gasteiger partial charge in [0.1, 0.15) is 11.1 Å². The summed E-state index contributed by atoms with van der Waals surface area (Å²) >= 11 is 0. The molecular formula is C22H28N2O8S2. The van der Waals surface area contributed by atoms with Gasteiger partial charge in [0.2, 0.25) is 0 Å². The molecule has 2 aromatic carbocycles.